The van der Waals surface area contributed by atoms with E-state index in [4.69, 9.17) is 5.84 Å². The van der Waals surface area contributed by atoms with Gasteiger partial charge in [-0.05, 0) is 73.7 Å². The standard InChI is InChI=1S/C26H35N5O3/c1-16(2)21-12-22(25(34)13-24(21)33)26(29-27)28-19-4-5-23-18(10-19)11-20(30(23)3)14-31-8-6-17(15-32)7-9-31/h4-5,10-13,16-17,32-34H,6-9,14-15,27H2,1-3H3,(H,28,29). The predicted molar refractivity (Wildman–Crippen MR) is 135 cm³/mol. The number of phenolic OH excluding ortho intramolecular Hbond substituents is 2. The molecule has 182 valence electrons. The van der Waals surface area contributed by atoms with E-state index in [-0.39, 0.29) is 24.0 Å². The van der Waals surface area contributed by atoms with E-state index in [2.05, 4.69) is 33.0 Å². The second-order valence-electron chi connectivity index (χ2n) is 9.53. The summed E-state index contributed by atoms with van der Waals surface area (Å²) < 4.78 is 2.21. The Morgan fingerprint density at radius 3 is 2.50 bits per heavy atom. The quantitative estimate of drug-likeness (QED) is 0.165. The Morgan fingerprint density at radius 2 is 1.85 bits per heavy atom. The van der Waals surface area contributed by atoms with Gasteiger partial charge in [0, 0.05) is 42.9 Å². The van der Waals surface area contributed by atoms with Crippen LogP contribution in [0.5, 0.6) is 11.5 Å². The van der Waals surface area contributed by atoms with Crippen LogP contribution in [0.25, 0.3) is 10.9 Å². The van der Waals surface area contributed by atoms with E-state index in [0.717, 1.165) is 43.4 Å². The zero-order valence-electron chi connectivity index (χ0n) is 20.1. The molecule has 0 amide bonds. The summed E-state index contributed by atoms with van der Waals surface area (Å²) in [6.07, 6.45) is 2.08. The number of nitrogens with two attached hydrogens (primary N) is 1. The van der Waals surface area contributed by atoms with Gasteiger partial charge in [-0.1, -0.05) is 13.8 Å². The smallest absolute Gasteiger partial charge is 0.151 e. The van der Waals surface area contributed by atoms with Gasteiger partial charge in [-0.15, -0.1) is 0 Å². The van der Waals surface area contributed by atoms with Gasteiger partial charge in [0.05, 0.1) is 11.3 Å². The van der Waals surface area contributed by atoms with E-state index in [1.807, 2.05) is 32.0 Å². The fourth-order valence-corrected chi connectivity index (χ4v) is 4.72. The minimum absolute atomic E-state index is 0.0476. The number of piperidine rings is 1. The summed E-state index contributed by atoms with van der Waals surface area (Å²) >= 11 is 0. The molecule has 2 aromatic carbocycles. The van der Waals surface area contributed by atoms with Crippen LogP contribution in [0.1, 0.15) is 49.4 Å². The average Bonchev–Trinajstić information content (AvgIpc) is 3.12. The number of aromatic hydroxyl groups is 2. The first-order valence-corrected chi connectivity index (χ1v) is 11.8. The molecule has 2 heterocycles. The number of hydrogen-bond acceptors (Lipinski definition) is 6. The molecule has 0 saturated carbocycles. The molecule has 0 unspecified atom stereocenters. The lowest BCUT2D eigenvalue weighted by Gasteiger charge is -2.31. The summed E-state index contributed by atoms with van der Waals surface area (Å²) in [5, 5.41) is 31.0. The van der Waals surface area contributed by atoms with Crippen molar-refractivity contribution in [3.05, 3.63) is 53.2 Å². The van der Waals surface area contributed by atoms with Gasteiger partial charge in [0.25, 0.3) is 0 Å². The maximum Gasteiger partial charge on any atom is 0.151 e. The molecule has 1 saturated heterocycles. The molecule has 1 aliphatic heterocycles. The van der Waals surface area contributed by atoms with Crippen LogP contribution < -0.4 is 11.3 Å². The Morgan fingerprint density at radius 1 is 1.12 bits per heavy atom. The van der Waals surface area contributed by atoms with Gasteiger partial charge in [-0.25, -0.2) is 10.8 Å². The summed E-state index contributed by atoms with van der Waals surface area (Å²) in [5.74, 6) is 6.55. The number of aliphatic hydroxyl groups excluding tert-OH is 1. The third-order valence-corrected chi connectivity index (χ3v) is 6.88. The zero-order valence-corrected chi connectivity index (χ0v) is 20.1. The largest absolute Gasteiger partial charge is 0.508 e. The summed E-state index contributed by atoms with van der Waals surface area (Å²) in [6.45, 7) is 7.10. The first-order chi connectivity index (χ1) is 16.3. The Balaban J connectivity index is 1.62. The number of aliphatic imine (C=N–C) groups is 1. The van der Waals surface area contributed by atoms with Crippen molar-refractivity contribution < 1.29 is 15.3 Å². The van der Waals surface area contributed by atoms with Crippen molar-refractivity contribution in [1.29, 1.82) is 0 Å². The Labute approximate surface area is 200 Å². The first-order valence-electron chi connectivity index (χ1n) is 11.8. The van der Waals surface area contributed by atoms with Crippen LogP contribution in [-0.2, 0) is 13.6 Å². The number of aryl methyl sites for hydroxylation is 1. The number of hydrazine groups is 1. The van der Waals surface area contributed by atoms with E-state index in [0.29, 0.717) is 28.6 Å². The number of aromatic nitrogens is 1. The van der Waals surface area contributed by atoms with Gasteiger partial charge in [-0.3, -0.25) is 4.90 Å². The maximum atomic E-state index is 10.4. The van der Waals surface area contributed by atoms with E-state index in [9.17, 15) is 15.3 Å². The second kappa shape index (κ2) is 10.0. The van der Waals surface area contributed by atoms with Crippen molar-refractivity contribution in [1.82, 2.24) is 14.9 Å². The van der Waals surface area contributed by atoms with Crippen LogP contribution in [0.3, 0.4) is 0 Å². The number of fused-ring (bicyclic) bond motifs is 1. The van der Waals surface area contributed by atoms with E-state index in [1.54, 1.807) is 6.07 Å². The van der Waals surface area contributed by atoms with Crippen molar-refractivity contribution in [3.8, 4) is 11.5 Å². The normalized spacial score (nSPS) is 16.0. The summed E-state index contributed by atoms with van der Waals surface area (Å²) in [7, 11) is 2.08. The van der Waals surface area contributed by atoms with Gasteiger partial charge < -0.3 is 25.3 Å². The van der Waals surface area contributed by atoms with Gasteiger partial charge in [-0.2, -0.15) is 0 Å². The number of nitrogens with one attached hydrogen (secondary N) is 1. The highest BCUT2D eigenvalue weighted by Gasteiger charge is 2.20. The van der Waals surface area contributed by atoms with Crippen molar-refractivity contribution >= 4 is 22.4 Å². The monoisotopic (exact) mass is 465 g/mol. The molecule has 4 rings (SSSR count). The number of hydrogen-bond donors (Lipinski definition) is 5. The third kappa shape index (κ3) is 4.89. The van der Waals surface area contributed by atoms with E-state index >= 15 is 0 Å². The number of nitrogens with zero attached hydrogens (tertiary/aromatic N) is 3. The van der Waals surface area contributed by atoms with Crippen LogP contribution >= 0.6 is 0 Å². The molecule has 34 heavy (non-hydrogen) atoms. The highest BCUT2D eigenvalue weighted by molar-refractivity contribution is 6.03. The summed E-state index contributed by atoms with van der Waals surface area (Å²) in [4.78, 5) is 7.10. The molecule has 0 radical (unpaired) electrons. The molecule has 0 aliphatic carbocycles. The van der Waals surface area contributed by atoms with Gasteiger partial charge in [0.1, 0.15) is 11.5 Å². The number of phenols is 2. The first kappa shape index (κ1) is 24.1. The third-order valence-electron chi connectivity index (χ3n) is 6.88. The summed E-state index contributed by atoms with van der Waals surface area (Å²) in [5.41, 5.74) is 6.80. The van der Waals surface area contributed by atoms with Crippen molar-refractivity contribution in [2.24, 2.45) is 23.8 Å². The Hall–Kier alpha value is -3.07. The predicted octanol–water partition coefficient (Wildman–Crippen LogP) is 3.46. The van der Waals surface area contributed by atoms with E-state index < -0.39 is 0 Å². The molecule has 6 N–H and O–H groups in total. The SMILES string of the molecule is CC(C)c1cc(C(=Nc2ccc3c(c2)cc(CN2CCC(CO)CC2)n3C)NN)c(O)cc1O. The highest BCUT2D eigenvalue weighted by Crippen LogP contribution is 2.33. The molecule has 0 atom stereocenters. The lowest BCUT2D eigenvalue weighted by molar-refractivity contribution is 0.126. The summed E-state index contributed by atoms with van der Waals surface area (Å²) in [6, 6.07) is 11.2. The fourth-order valence-electron chi connectivity index (χ4n) is 4.72. The molecule has 0 bridgehead atoms. The molecule has 0 spiro atoms. The molecule has 1 aliphatic rings. The van der Waals surface area contributed by atoms with Crippen LogP contribution in [0, 0.1) is 5.92 Å². The van der Waals surface area contributed by atoms with Crippen molar-refractivity contribution in [2.75, 3.05) is 19.7 Å². The van der Waals surface area contributed by atoms with E-state index in [1.165, 1.54) is 11.8 Å². The minimum atomic E-state index is -0.0911. The second-order valence-corrected chi connectivity index (χ2v) is 9.53. The molecule has 1 aromatic heterocycles. The van der Waals surface area contributed by atoms with Crippen LogP contribution in [-0.4, -0.2) is 50.3 Å². The highest BCUT2D eigenvalue weighted by atomic mass is 16.3. The van der Waals surface area contributed by atoms with Crippen LogP contribution in [0.4, 0.5) is 5.69 Å². The number of likely N-dealkylation sites (tertiary alicyclic amines) is 1. The fraction of sp³-hybridized carbons (Fsp3) is 0.423. The lowest BCUT2D eigenvalue weighted by atomic mass is 9.98. The molecule has 1 fully saturated rings. The minimum Gasteiger partial charge on any atom is -0.508 e. The molecule has 8 nitrogen and oxygen atoms in total. The Bertz CT molecular complexity index is 1190. The number of rotatable bonds is 6. The number of aliphatic hydroxyl groups is 1. The number of amidine groups is 1. The molecular formula is C26H35N5O3. The molecule has 8 heteroatoms. The molecule has 3 aromatic rings. The molecular weight excluding hydrogens is 430 g/mol. The van der Waals surface area contributed by atoms with Crippen LogP contribution in [0.15, 0.2) is 41.4 Å². The van der Waals surface area contributed by atoms with Crippen molar-refractivity contribution in [2.45, 2.75) is 39.2 Å². The van der Waals surface area contributed by atoms with Gasteiger partial charge >= 0.3 is 0 Å². The zero-order chi connectivity index (χ0) is 24.4. The van der Waals surface area contributed by atoms with Gasteiger partial charge in [0.15, 0.2) is 5.84 Å². The Kier molecular flexibility index (Phi) is 7.11. The van der Waals surface area contributed by atoms with Crippen LogP contribution in [0.2, 0.25) is 0 Å². The maximum absolute atomic E-state index is 10.4. The van der Waals surface area contributed by atoms with Crippen molar-refractivity contribution in [3.63, 3.8) is 0 Å². The topological polar surface area (TPSA) is 119 Å². The van der Waals surface area contributed by atoms with Gasteiger partial charge in [0.2, 0.25) is 0 Å². The number of benzene rings is 2. The average molecular weight is 466 g/mol. The lowest BCUT2D eigenvalue weighted by Crippen LogP contribution is -2.34.